The lowest BCUT2D eigenvalue weighted by Gasteiger charge is -2.21. The number of amides is 1. The first kappa shape index (κ1) is 23.9. The number of nitrogens with one attached hydrogen (secondary N) is 1. The fourth-order valence-electron chi connectivity index (χ4n) is 3.98. The van der Waals surface area contributed by atoms with E-state index in [2.05, 4.69) is 5.32 Å². The van der Waals surface area contributed by atoms with Crippen LogP contribution in [0.4, 0.5) is 5.69 Å². The number of hydrogen-bond acceptors (Lipinski definition) is 6. The van der Waals surface area contributed by atoms with Gasteiger partial charge < -0.3 is 14.8 Å². The van der Waals surface area contributed by atoms with E-state index >= 15 is 0 Å². The fraction of sp³-hybridized carbons (Fsp3) is 0.214. The molecule has 178 valence electrons. The first-order valence-corrected chi connectivity index (χ1v) is 11.1. The molecule has 1 aliphatic rings. The highest BCUT2D eigenvalue weighted by Gasteiger charge is 2.33. The van der Waals surface area contributed by atoms with Crippen molar-refractivity contribution in [3.63, 3.8) is 0 Å². The molecule has 0 aliphatic heterocycles. The minimum absolute atomic E-state index is 0.0128. The molecule has 1 amide bonds. The summed E-state index contributed by atoms with van der Waals surface area (Å²) in [6.45, 7) is 5.57. The molecule has 4 rings (SSSR count). The largest absolute Gasteiger partial charge is 0.495 e. The topological polar surface area (TPSA) is 98.8 Å². The van der Waals surface area contributed by atoms with E-state index in [1.165, 1.54) is 25.3 Å². The SMILES string of the molecule is COc1ccc(C(C)(C)C)cc1NC(=O)COC(=O)c1cccc2c1C(=O)c1ccccc1C2=O. The van der Waals surface area contributed by atoms with Gasteiger partial charge in [-0.3, -0.25) is 14.4 Å². The highest BCUT2D eigenvalue weighted by molar-refractivity contribution is 6.30. The molecule has 7 nitrogen and oxygen atoms in total. The highest BCUT2D eigenvalue weighted by Crippen LogP contribution is 2.32. The zero-order valence-corrected chi connectivity index (χ0v) is 19.9. The van der Waals surface area contributed by atoms with Gasteiger partial charge >= 0.3 is 5.97 Å². The molecule has 0 aromatic heterocycles. The summed E-state index contributed by atoms with van der Waals surface area (Å²) in [4.78, 5) is 51.4. The number of rotatable bonds is 5. The van der Waals surface area contributed by atoms with Crippen molar-refractivity contribution in [1.29, 1.82) is 0 Å². The second-order valence-electron chi connectivity index (χ2n) is 9.22. The van der Waals surface area contributed by atoms with Gasteiger partial charge in [-0.2, -0.15) is 0 Å². The average molecular weight is 472 g/mol. The predicted octanol–water partition coefficient (Wildman–Crippen LogP) is 4.56. The van der Waals surface area contributed by atoms with Crippen molar-refractivity contribution >= 4 is 29.1 Å². The smallest absolute Gasteiger partial charge is 0.339 e. The minimum Gasteiger partial charge on any atom is -0.495 e. The lowest BCUT2D eigenvalue weighted by molar-refractivity contribution is -0.119. The van der Waals surface area contributed by atoms with Crippen molar-refractivity contribution in [2.45, 2.75) is 26.2 Å². The summed E-state index contributed by atoms with van der Waals surface area (Å²) in [5.74, 6) is -1.74. The maximum absolute atomic E-state index is 13.1. The van der Waals surface area contributed by atoms with Crippen molar-refractivity contribution in [3.8, 4) is 5.75 Å². The minimum atomic E-state index is -0.868. The molecule has 3 aromatic rings. The number of anilines is 1. The molecule has 35 heavy (non-hydrogen) atoms. The van der Waals surface area contributed by atoms with Crippen molar-refractivity contribution < 1.29 is 28.7 Å². The number of ketones is 2. The maximum atomic E-state index is 13.1. The third-order valence-corrected chi connectivity index (χ3v) is 5.85. The molecule has 0 saturated heterocycles. The number of carbonyl (C=O) groups excluding carboxylic acids is 4. The van der Waals surface area contributed by atoms with E-state index in [0.717, 1.165) is 5.56 Å². The molecule has 0 fully saturated rings. The number of esters is 1. The summed E-state index contributed by atoms with van der Waals surface area (Å²) >= 11 is 0. The van der Waals surface area contributed by atoms with Gasteiger partial charge in [0.25, 0.3) is 5.91 Å². The predicted molar refractivity (Wildman–Crippen MR) is 130 cm³/mol. The van der Waals surface area contributed by atoms with Crippen LogP contribution in [-0.4, -0.2) is 37.2 Å². The van der Waals surface area contributed by atoms with Crippen LogP contribution in [0.3, 0.4) is 0 Å². The van der Waals surface area contributed by atoms with Crippen LogP contribution >= 0.6 is 0 Å². The normalized spacial score (nSPS) is 12.5. The summed E-state index contributed by atoms with van der Waals surface area (Å²) in [6, 6.07) is 16.4. The molecule has 1 N–H and O–H groups in total. The quantitative estimate of drug-likeness (QED) is 0.429. The molecule has 0 bridgehead atoms. The second-order valence-corrected chi connectivity index (χ2v) is 9.22. The fourth-order valence-corrected chi connectivity index (χ4v) is 3.98. The average Bonchev–Trinajstić information content (AvgIpc) is 2.84. The van der Waals surface area contributed by atoms with Crippen LogP contribution in [0.2, 0.25) is 0 Å². The van der Waals surface area contributed by atoms with Crippen LogP contribution in [0, 0.1) is 0 Å². The highest BCUT2D eigenvalue weighted by atomic mass is 16.5. The third-order valence-electron chi connectivity index (χ3n) is 5.85. The standard InChI is InChI=1S/C28H25NO6/c1-28(2,3)16-12-13-22(34-4)21(14-16)29-23(30)15-35-27(33)20-11-7-10-19-24(20)26(32)18-9-6-5-8-17(18)25(19)31/h5-14H,15H2,1-4H3,(H,29,30). The number of hydrogen-bond donors (Lipinski definition) is 1. The van der Waals surface area contributed by atoms with E-state index in [0.29, 0.717) is 17.0 Å². The number of methoxy groups -OCH3 is 1. The van der Waals surface area contributed by atoms with Crippen LogP contribution in [-0.2, 0) is 14.9 Å². The monoisotopic (exact) mass is 471 g/mol. The number of fused-ring (bicyclic) bond motifs is 2. The Hall–Kier alpha value is -4.26. The molecule has 0 spiro atoms. The van der Waals surface area contributed by atoms with Gasteiger partial charge in [0.15, 0.2) is 18.2 Å². The summed E-state index contributed by atoms with van der Waals surface area (Å²) < 4.78 is 10.5. The summed E-state index contributed by atoms with van der Waals surface area (Å²) in [5.41, 5.74) is 1.89. The molecule has 0 heterocycles. The number of ether oxygens (including phenoxy) is 2. The van der Waals surface area contributed by atoms with E-state index < -0.39 is 24.3 Å². The van der Waals surface area contributed by atoms with Crippen LogP contribution in [0.15, 0.2) is 60.7 Å². The third kappa shape index (κ3) is 4.57. The summed E-state index contributed by atoms with van der Waals surface area (Å²) in [6.07, 6.45) is 0. The van der Waals surface area contributed by atoms with E-state index in [1.807, 2.05) is 32.9 Å². The lowest BCUT2D eigenvalue weighted by atomic mass is 9.82. The molecular weight excluding hydrogens is 446 g/mol. The van der Waals surface area contributed by atoms with E-state index in [4.69, 9.17) is 9.47 Å². The molecule has 3 aromatic carbocycles. The van der Waals surface area contributed by atoms with Gasteiger partial charge in [0, 0.05) is 22.3 Å². The number of benzene rings is 3. The van der Waals surface area contributed by atoms with Crippen molar-refractivity contribution in [1.82, 2.24) is 0 Å². The van der Waals surface area contributed by atoms with E-state index in [-0.39, 0.29) is 33.5 Å². The summed E-state index contributed by atoms with van der Waals surface area (Å²) in [5, 5.41) is 2.71. The van der Waals surface area contributed by atoms with Gasteiger partial charge in [0.05, 0.1) is 18.4 Å². The Morgan fingerprint density at radius 3 is 2.17 bits per heavy atom. The Morgan fingerprint density at radius 1 is 0.857 bits per heavy atom. The lowest BCUT2D eigenvalue weighted by Crippen LogP contribution is -2.26. The Morgan fingerprint density at radius 2 is 1.51 bits per heavy atom. The van der Waals surface area contributed by atoms with Crippen LogP contribution in [0.1, 0.15) is 68.5 Å². The molecule has 0 radical (unpaired) electrons. The molecule has 1 aliphatic carbocycles. The Labute approximate surface area is 203 Å². The second kappa shape index (κ2) is 9.18. The van der Waals surface area contributed by atoms with E-state index in [1.54, 1.807) is 30.3 Å². The van der Waals surface area contributed by atoms with Gasteiger partial charge in [-0.1, -0.05) is 63.2 Å². The van der Waals surface area contributed by atoms with Gasteiger partial charge in [0.1, 0.15) is 5.75 Å². The van der Waals surface area contributed by atoms with Crippen molar-refractivity contribution in [2.24, 2.45) is 0 Å². The summed E-state index contributed by atoms with van der Waals surface area (Å²) in [7, 11) is 1.50. The Kier molecular flexibility index (Phi) is 6.26. The zero-order chi connectivity index (χ0) is 25.3. The van der Waals surface area contributed by atoms with Crippen LogP contribution in [0.25, 0.3) is 0 Å². The van der Waals surface area contributed by atoms with Crippen LogP contribution in [0.5, 0.6) is 5.75 Å². The van der Waals surface area contributed by atoms with Gasteiger partial charge in [-0.15, -0.1) is 0 Å². The van der Waals surface area contributed by atoms with Crippen LogP contribution < -0.4 is 10.1 Å². The van der Waals surface area contributed by atoms with Crippen molar-refractivity contribution in [2.75, 3.05) is 19.0 Å². The zero-order valence-electron chi connectivity index (χ0n) is 19.9. The van der Waals surface area contributed by atoms with Gasteiger partial charge in [-0.05, 0) is 29.2 Å². The van der Waals surface area contributed by atoms with Crippen molar-refractivity contribution in [3.05, 3.63) is 94.0 Å². The molecule has 0 unspecified atom stereocenters. The van der Waals surface area contributed by atoms with Gasteiger partial charge in [-0.25, -0.2) is 4.79 Å². The maximum Gasteiger partial charge on any atom is 0.339 e. The Bertz CT molecular complexity index is 1370. The molecule has 7 heteroatoms. The number of carbonyl (C=O) groups is 4. The van der Waals surface area contributed by atoms with Gasteiger partial charge in [0.2, 0.25) is 0 Å². The molecule has 0 saturated carbocycles. The first-order chi connectivity index (χ1) is 16.6. The molecule has 0 atom stereocenters. The first-order valence-electron chi connectivity index (χ1n) is 11.1. The Balaban J connectivity index is 1.52. The van der Waals surface area contributed by atoms with E-state index in [9.17, 15) is 19.2 Å². The molecular formula is C28H25NO6.